The number of carbonyl (C=O) groups is 1. The summed E-state index contributed by atoms with van der Waals surface area (Å²) in [4.78, 5) is 28.1. The van der Waals surface area contributed by atoms with Gasteiger partial charge in [-0.05, 0) is 11.6 Å². The lowest BCUT2D eigenvalue weighted by Gasteiger charge is -2.30. The summed E-state index contributed by atoms with van der Waals surface area (Å²) in [6.45, 7) is 1.58. The Bertz CT molecular complexity index is 1560. The maximum absolute atomic E-state index is 13.5. The van der Waals surface area contributed by atoms with Crippen molar-refractivity contribution >= 4 is 23.2 Å². The highest BCUT2D eigenvalue weighted by Crippen LogP contribution is 2.37. The lowest BCUT2D eigenvalue weighted by Crippen LogP contribution is -2.36. The zero-order valence-electron chi connectivity index (χ0n) is 21.2. The Labute approximate surface area is 227 Å². The SMILES string of the molecule is O=C1Cc2ccccc2C(c2ccccc2)=N[C@@H]1Nc1ncc(-c2ncc(C(F)(F)F)cc2N2CCOCC2)o1. The molecule has 0 unspecified atom stereocenters. The number of halogens is 3. The minimum absolute atomic E-state index is 0.00472. The molecule has 0 amide bonds. The van der Waals surface area contributed by atoms with Gasteiger partial charge in [0, 0.05) is 36.8 Å². The number of ketones is 1. The number of hydrogen-bond donors (Lipinski definition) is 1. The fraction of sp³-hybridized carbons (Fsp3) is 0.241. The second kappa shape index (κ2) is 10.6. The lowest BCUT2D eigenvalue weighted by atomic mass is 9.96. The van der Waals surface area contributed by atoms with Crippen LogP contribution in [-0.2, 0) is 22.1 Å². The molecule has 6 rings (SSSR count). The van der Waals surface area contributed by atoms with E-state index in [0.717, 1.165) is 29.0 Å². The molecular weight excluding hydrogens is 523 g/mol. The van der Waals surface area contributed by atoms with Crippen molar-refractivity contribution in [2.24, 2.45) is 4.99 Å². The molecule has 204 valence electrons. The van der Waals surface area contributed by atoms with Gasteiger partial charge in [0.2, 0.25) is 0 Å². The van der Waals surface area contributed by atoms with Gasteiger partial charge >= 0.3 is 6.18 Å². The molecule has 40 heavy (non-hydrogen) atoms. The molecule has 2 aromatic carbocycles. The van der Waals surface area contributed by atoms with Crippen LogP contribution in [0.2, 0.25) is 0 Å². The van der Waals surface area contributed by atoms with Crippen LogP contribution in [0.3, 0.4) is 0 Å². The summed E-state index contributed by atoms with van der Waals surface area (Å²) in [5.74, 6) is -0.0193. The van der Waals surface area contributed by atoms with Crippen LogP contribution in [0.4, 0.5) is 24.9 Å². The molecule has 2 aliphatic heterocycles. The number of morpholine rings is 1. The number of alkyl halides is 3. The van der Waals surface area contributed by atoms with Crippen LogP contribution in [0.5, 0.6) is 0 Å². The number of pyridine rings is 1. The zero-order valence-corrected chi connectivity index (χ0v) is 21.2. The van der Waals surface area contributed by atoms with E-state index >= 15 is 0 Å². The first-order valence-electron chi connectivity index (χ1n) is 12.7. The largest absolute Gasteiger partial charge is 0.422 e. The maximum atomic E-state index is 13.5. The summed E-state index contributed by atoms with van der Waals surface area (Å²) >= 11 is 0. The topological polar surface area (TPSA) is 92.9 Å². The van der Waals surface area contributed by atoms with Gasteiger partial charge in [-0.25, -0.2) is 4.98 Å². The summed E-state index contributed by atoms with van der Waals surface area (Å²) in [6.07, 6.45) is -3.24. The standard InChI is InChI=1S/C29H24F3N5O3/c30-29(31,32)20-15-22(37-10-12-39-13-11-37)26(33-16-20)24-17-34-28(40-24)36-27-23(38)14-19-8-4-5-9-21(19)25(35-27)18-6-2-1-3-7-18/h1-9,15-17,27H,10-14H2,(H,34,36)/t27-/m1/s1. The number of carbonyl (C=O) groups excluding carboxylic acids is 1. The monoisotopic (exact) mass is 547 g/mol. The number of ether oxygens (including phenoxy) is 1. The number of benzene rings is 2. The first-order chi connectivity index (χ1) is 19.4. The van der Waals surface area contributed by atoms with Gasteiger partial charge < -0.3 is 19.4 Å². The fourth-order valence-corrected chi connectivity index (χ4v) is 4.81. The molecule has 1 saturated heterocycles. The zero-order chi connectivity index (χ0) is 27.7. The van der Waals surface area contributed by atoms with Crippen LogP contribution < -0.4 is 10.2 Å². The van der Waals surface area contributed by atoms with Gasteiger partial charge in [-0.3, -0.25) is 14.8 Å². The molecule has 1 fully saturated rings. The number of aromatic nitrogens is 2. The average molecular weight is 548 g/mol. The fourth-order valence-electron chi connectivity index (χ4n) is 4.81. The minimum Gasteiger partial charge on any atom is -0.422 e. The molecule has 4 aromatic rings. The van der Waals surface area contributed by atoms with E-state index in [1.54, 1.807) is 4.90 Å². The van der Waals surface area contributed by atoms with E-state index in [1.807, 2.05) is 54.6 Å². The number of fused-ring (bicyclic) bond motifs is 1. The van der Waals surface area contributed by atoms with E-state index in [2.05, 4.69) is 15.3 Å². The van der Waals surface area contributed by atoms with E-state index in [-0.39, 0.29) is 35.4 Å². The Balaban J connectivity index is 1.34. The van der Waals surface area contributed by atoms with Gasteiger partial charge in [0.25, 0.3) is 6.01 Å². The van der Waals surface area contributed by atoms with Gasteiger partial charge in [0.15, 0.2) is 17.7 Å². The third-order valence-electron chi connectivity index (χ3n) is 6.79. The van der Waals surface area contributed by atoms with Crippen LogP contribution in [0.25, 0.3) is 11.5 Å². The van der Waals surface area contributed by atoms with E-state index in [4.69, 9.17) is 14.1 Å². The molecule has 1 N–H and O–H groups in total. The van der Waals surface area contributed by atoms with E-state index < -0.39 is 17.9 Å². The molecule has 2 aliphatic rings. The molecule has 8 nitrogen and oxygen atoms in total. The van der Waals surface area contributed by atoms with Gasteiger partial charge in [-0.15, -0.1) is 0 Å². The van der Waals surface area contributed by atoms with Crippen LogP contribution >= 0.6 is 0 Å². The number of nitrogens with one attached hydrogen (secondary N) is 1. The van der Waals surface area contributed by atoms with Gasteiger partial charge in [-0.1, -0.05) is 54.6 Å². The Morgan fingerprint density at radius 2 is 1.70 bits per heavy atom. The summed E-state index contributed by atoms with van der Waals surface area (Å²) in [6, 6.07) is 18.2. The van der Waals surface area contributed by atoms with E-state index in [0.29, 0.717) is 32.0 Å². The Kier molecular flexibility index (Phi) is 6.81. The second-order valence-corrected chi connectivity index (χ2v) is 9.41. The molecule has 11 heteroatoms. The van der Waals surface area contributed by atoms with Crippen LogP contribution in [0, 0.1) is 0 Å². The maximum Gasteiger partial charge on any atom is 0.417 e. The normalized spacial score (nSPS) is 17.7. The van der Waals surface area contributed by atoms with Crippen LogP contribution in [0.1, 0.15) is 22.3 Å². The Morgan fingerprint density at radius 1 is 0.950 bits per heavy atom. The number of oxazole rings is 1. The number of anilines is 2. The van der Waals surface area contributed by atoms with Crippen LogP contribution in [-0.4, -0.2) is 53.9 Å². The van der Waals surface area contributed by atoms with E-state index in [9.17, 15) is 18.0 Å². The third kappa shape index (κ3) is 5.20. The molecule has 0 aliphatic carbocycles. The summed E-state index contributed by atoms with van der Waals surface area (Å²) in [5, 5.41) is 2.97. The highest BCUT2D eigenvalue weighted by atomic mass is 19.4. The van der Waals surface area contributed by atoms with Gasteiger partial charge in [0.1, 0.15) is 5.69 Å². The second-order valence-electron chi connectivity index (χ2n) is 9.41. The summed E-state index contributed by atoms with van der Waals surface area (Å²) < 4.78 is 51.7. The Morgan fingerprint density at radius 3 is 2.48 bits per heavy atom. The average Bonchev–Trinajstić information content (AvgIpc) is 3.38. The molecule has 2 aromatic heterocycles. The number of Topliss-reactive ketones (excluding diaryl/α,β-unsaturated/α-hetero) is 1. The van der Waals surface area contributed by atoms with Gasteiger partial charge in [-0.2, -0.15) is 13.2 Å². The van der Waals surface area contributed by atoms with E-state index in [1.165, 1.54) is 6.20 Å². The molecule has 0 radical (unpaired) electrons. The highest BCUT2D eigenvalue weighted by molar-refractivity contribution is 6.16. The van der Waals surface area contributed by atoms with Crippen molar-refractivity contribution in [2.75, 3.05) is 36.5 Å². The van der Waals surface area contributed by atoms with Gasteiger partial charge in [0.05, 0.1) is 36.4 Å². The summed E-state index contributed by atoms with van der Waals surface area (Å²) in [5.41, 5.74) is 2.86. The predicted molar refractivity (Wildman–Crippen MR) is 142 cm³/mol. The van der Waals surface area contributed by atoms with Crippen molar-refractivity contribution in [3.05, 3.63) is 95.3 Å². The van der Waals surface area contributed by atoms with Crippen molar-refractivity contribution in [1.82, 2.24) is 9.97 Å². The summed E-state index contributed by atoms with van der Waals surface area (Å²) in [7, 11) is 0. The van der Waals surface area contributed by atoms with Crippen molar-refractivity contribution in [3.63, 3.8) is 0 Å². The number of aliphatic imine (C=N–C) groups is 1. The molecule has 4 heterocycles. The van der Waals surface area contributed by atoms with Crippen molar-refractivity contribution in [3.8, 4) is 11.5 Å². The Hall–Kier alpha value is -4.51. The first kappa shape index (κ1) is 25.8. The molecule has 1 atom stereocenters. The molecule has 0 spiro atoms. The molecule has 0 saturated carbocycles. The number of rotatable bonds is 5. The highest BCUT2D eigenvalue weighted by Gasteiger charge is 2.33. The quantitative estimate of drug-likeness (QED) is 0.376. The smallest absolute Gasteiger partial charge is 0.417 e. The first-order valence-corrected chi connectivity index (χ1v) is 12.7. The van der Waals surface area contributed by atoms with Crippen LogP contribution in [0.15, 0.2) is 82.5 Å². The number of hydrogen-bond acceptors (Lipinski definition) is 8. The molecule has 0 bridgehead atoms. The van der Waals surface area contributed by atoms with Crippen molar-refractivity contribution < 1.29 is 27.1 Å². The van der Waals surface area contributed by atoms with Crippen molar-refractivity contribution in [2.45, 2.75) is 18.8 Å². The lowest BCUT2D eigenvalue weighted by molar-refractivity contribution is -0.137. The minimum atomic E-state index is -4.55. The van der Waals surface area contributed by atoms with Crippen molar-refractivity contribution in [1.29, 1.82) is 0 Å². The number of nitrogens with zero attached hydrogens (tertiary/aromatic N) is 4. The third-order valence-corrected chi connectivity index (χ3v) is 6.79. The molecular formula is C29H24F3N5O3. The predicted octanol–water partition coefficient (Wildman–Crippen LogP) is 4.99.